The lowest BCUT2D eigenvalue weighted by Gasteiger charge is -2.31. The van der Waals surface area contributed by atoms with Crippen molar-refractivity contribution in [3.63, 3.8) is 0 Å². The van der Waals surface area contributed by atoms with Gasteiger partial charge in [0, 0.05) is 23.1 Å². The van der Waals surface area contributed by atoms with Gasteiger partial charge in [0.1, 0.15) is 0 Å². The summed E-state index contributed by atoms with van der Waals surface area (Å²) in [5.41, 5.74) is 5.64. The second kappa shape index (κ2) is 11.5. The van der Waals surface area contributed by atoms with Gasteiger partial charge in [-0.05, 0) is 93.6 Å². The first kappa shape index (κ1) is 26.8. The largest absolute Gasteiger partial charge is 0.465 e. The van der Waals surface area contributed by atoms with Crippen LogP contribution < -0.4 is 0 Å². The molecule has 0 radical (unpaired) electrons. The van der Waals surface area contributed by atoms with Gasteiger partial charge in [-0.2, -0.15) is 0 Å². The molecule has 5 rings (SSSR count). The van der Waals surface area contributed by atoms with Crippen LogP contribution in [-0.2, 0) is 9.53 Å². The zero-order chi connectivity index (χ0) is 26.8. The monoisotopic (exact) mass is 533 g/mol. The Balaban J connectivity index is 1.50. The van der Waals surface area contributed by atoms with E-state index in [1.807, 2.05) is 30.0 Å². The fourth-order valence-electron chi connectivity index (χ4n) is 6.14. The van der Waals surface area contributed by atoms with Crippen LogP contribution in [0.2, 0.25) is 0 Å². The summed E-state index contributed by atoms with van der Waals surface area (Å²) in [5.74, 6) is -0.248. The summed E-state index contributed by atoms with van der Waals surface area (Å²) in [6, 6.07) is 8.34. The summed E-state index contributed by atoms with van der Waals surface area (Å²) in [5, 5.41) is 0.912. The quantitative estimate of drug-likeness (QED) is 0.303. The minimum absolute atomic E-state index is 0.102. The SMILES string of the molecule is COC(=O)c1ccc(C)c(-n2c(C)cc(C=C3SC(=NC4CCCCC4)N(C4CCCCC4)C3=O)c2C)c1. The number of benzene rings is 1. The lowest BCUT2D eigenvalue weighted by Crippen LogP contribution is -2.41. The Kier molecular flexibility index (Phi) is 8.12. The number of esters is 1. The van der Waals surface area contributed by atoms with Crippen molar-refractivity contribution in [3.8, 4) is 5.69 Å². The van der Waals surface area contributed by atoms with E-state index in [0.717, 1.165) is 64.0 Å². The van der Waals surface area contributed by atoms with Crippen molar-refractivity contribution < 1.29 is 14.3 Å². The van der Waals surface area contributed by atoms with Crippen molar-refractivity contribution in [1.29, 1.82) is 0 Å². The first-order valence-electron chi connectivity index (χ1n) is 14.1. The van der Waals surface area contributed by atoms with Crippen LogP contribution in [-0.4, -0.2) is 45.7 Å². The summed E-state index contributed by atoms with van der Waals surface area (Å²) < 4.78 is 7.10. The second-order valence-electron chi connectivity index (χ2n) is 10.9. The summed E-state index contributed by atoms with van der Waals surface area (Å²) in [7, 11) is 1.40. The Morgan fingerprint density at radius 3 is 2.37 bits per heavy atom. The minimum atomic E-state index is -0.350. The third kappa shape index (κ3) is 5.35. The molecule has 0 unspecified atom stereocenters. The summed E-state index contributed by atoms with van der Waals surface area (Å²) >= 11 is 1.56. The molecular weight excluding hydrogens is 494 g/mol. The van der Waals surface area contributed by atoms with E-state index in [2.05, 4.69) is 24.5 Å². The first-order chi connectivity index (χ1) is 18.4. The van der Waals surface area contributed by atoms with Crippen LogP contribution in [0.4, 0.5) is 0 Å². The number of ether oxygens (including phenoxy) is 1. The van der Waals surface area contributed by atoms with Gasteiger partial charge in [0.25, 0.3) is 5.91 Å². The van der Waals surface area contributed by atoms with Crippen LogP contribution in [0, 0.1) is 20.8 Å². The topological polar surface area (TPSA) is 63.9 Å². The maximum Gasteiger partial charge on any atom is 0.337 e. The highest BCUT2D eigenvalue weighted by molar-refractivity contribution is 8.18. The molecule has 1 aromatic heterocycles. The highest BCUT2D eigenvalue weighted by Gasteiger charge is 2.39. The number of carbonyl (C=O) groups excluding carboxylic acids is 2. The van der Waals surface area contributed by atoms with Gasteiger partial charge in [-0.15, -0.1) is 0 Å². The summed E-state index contributed by atoms with van der Waals surface area (Å²) in [4.78, 5) is 34.0. The first-order valence-corrected chi connectivity index (χ1v) is 14.9. The number of amidine groups is 1. The van der Waals surface area contributed by atoms with Gasteiger partial charge in [-0.1, -0.05) is 44.6 Å². The number of aromatic nitrogens is 1. The van der Waals surface area contributed by atoms with E-state index in [4.69, 9.17) is 9.73 Å². The van der Waals surface area contributed by atoms with E-state index < -0.39 is 0 Å². The average molecular weight is 534 g/mol. The predicted octanol–water partition coefficient (Wildman–Crippen LogP) is 7.13. The Morgan fingerprint density at radius 1 is 1.00 bits per heavy atom. The molecular formula is C31H39N3O3S. The molecule has 2 aromatic rings. The molecule has 3 fully saturated rings. The molecule has 0 N–H and O–H groups in total. The van der Waals surface area contributed by atoms with E-state index >= 15 is 0 Å². The second-order valence-corrected chi connectivity index (χ2v) is 11.9. The van der Waals surface area contributed by atoms with E-state index in [-0.39, 0.29) is 17.9 Å². The van der Waals surface area contributed by atoms with Crippen LogP contribution in [0.5, 0.6) is 0 Å². The number of carbonyl (C=O) groups is 2. The Morgan fingerprint density at radius 2 is 1.68 bits per heavy atom. The van der Waals surface area contributed by atoms with E-state index in [1.165, 1.54) is 45.6 Å². The van der Waals surface area contributed by atoms with Crippen molar-refractivity contribution >= 4 is 34.9 Å². The molecule has 0 atom stereocenters. The van der Waals surface area contributed by atoms with Crippen LogP contribution in [0.15, 0.2) is 34.2 Å². The van der Waals surface area contributed by atoms with Crippen LogP contribution in [0.1, 0.15) is 97.1 Å². The molecule has 1 aliphatic heterocycles. The normalized spacial score (nSPS) is 21.6. The lowest BCUT2D eigenvalue weighted by atomic mass is 9.94. The number of rotatable bonds is 5. The molecule has 0 bridgehead atoms. The number of methoxy groups -OCH3 is 1. The number of amides is 1. The predicted molar refractivity (Wildman–Crippen MR) is 155 cm³/mol. The fourth-order valence-corrected chi connectivity index (χ4v) is 7.25. The standard InChI is InChI=1S/C31H39N3O3S/c1-20-15-16-23(30(36)37-4)18-27(20)33-21(2)17-24(22(33)3)19-28-29(35)34(26-13-9-6-10-14-26)31(38-28)32-25-11-7-5-8-12-25/h15-19,25-26H,5-14H2,1-4H3. The minimum Gasteiger partial charge on any atom is -0.465 e. The molecule has 2 saturated carbocycles. The van der Waals surface area contributed by atoms with Crippen LogP contribution in [0.25, 0.3) is 11.8 Å². The highest BCUT2D eigenvalue weighted by atomic mass is 32.2. The van der Waals surface area contributed by atoms with E-state index in [9.17, 15) is 9.59 Å². The van der Waals surface area contributed by atoms with Crippen molar-refractivity contribution in [2.75, 3.05) is 7.11 Å². The third-order valence-corrected chi connectivity index (χ3v) is 9.27. The maximum absolute atomic E-state index is 13.8. The molecule has 2 aliphatic carbocycles. The Bertz CT molecular complexity index is 1280. The smallest absolute Gasteiger partial charge is 0.337 e. The van der Waals surface area contributed by atoms with Gasteiger partial charge in [-0.25, -0.2) is 4.79 Å². The number of aliphatic imine (C=N–C) groups is 1. The number of hydrogen-bond donors (Lipinski definition) is 0. The summed E-state index contributed by atoms with van der Waals surface area (Å²) in [6.45, 7) is 6.18. The van der Waals surface area contributed by atoms with E-state index in [1.54, 1.807) is 17.8 Å². The summed E-state index contributed by atoms with van der Waals surface area (Å²) in [6.07, 6.45) is 13.8. The van der Waals surface area contributed by atoms with Gasteiger partial charge in [0.05, 0.1) is 23.6 Å². The highest BCUT2D eigenvalue weighted by Crippen LogP contribution is 2.39. The maximum atomic E-state index is 13.8. The Hall–Kier alpha value is -2.80. The molecule has 3 aliphatic rings. The molecule has 202 valence electrons. The van der Waals surface area contributed by atoms with Gasteiger partial charge < -0.3 is 9.30 Å². The van der Waals surface area contributed by atoms with Crippen molar-refractivity contribution in [1.82, 2.24) is 9.47 Å². The van der Waals surface area contributed by atoms with Crippen molar-refractivity contribution in [3.05, 3.63) is 57.2 Å². The Labute approximate surface area is 230 Å². The lowest BCUT2D eigenvalue weighted by molar-refractivity contribution is -0.124. The third-order valence-electron chi connectivity index (χ3n) is 8.27. The molecule has 1 saturated heterocycles. The van der Waals surface area contributed by atoms with Crippen LogP contribution >= 0.6 is 11.8 Å². The number of hydrogen-bond acceptors (Lipinski definition) is 5. The molecule has 7 heteroatoms. The molecule has 1 aromatic carbocycles. The molecule has 38 heavy (non-hydrogen) atoms. The van der Waals surface area contributed by atoms with Gasteiger partial charge in [0.2, 0.25) is 0 Å². The van der Waals surface area contributed by atoms with Gasteiger partial charge in [0.15, 0.2) is 5.17 Å². The number of nitrogens with zero attached hydrogens (tertiary/aromatic N) is 3. The number of thioether (sulfide) groups is 1. The zero-order valence-corrected chi connectivity index (χ0v) is 23.9. The van der Waals surface area contributed by atoms with Crippen LogP contribution in [0.3, 0.4) is 0 Å². The number of aryl methyl sites for hydroxylation is 2. The molecule has 6 nitrogen and oxygen atoms in total. The molecule has 1 amide bonds. The van der Waals surface area contributed by atoms with Crippen molar-refractivity contribution in [2.24, 2.45) is 4.99 Å². The molecule has 2 heterocycles. The van der Waals surface area contributed by atoms with Gasteiger partial charge >= 0.3 is 5.97 Å². The van der Waals surface area contributed by atoms with Crippen molar-refractivity contribution in [2.45, 2.75) is 97.1 Å². The average Bonchev–Trinajstić information content (AvgIpc) is 3.38. The van der Waals surface area contributed by atoms with Gasteiger partial charge in [-0.3, -0.25) is 14.7 Å². The molecule has 0 spiro atoms. The fraction of sp³-hybridized carbons (Fsp3) is 0.516. The van der Waals surface area contributed by atoms with E-state index in [0.29, 0.717) is 11.6 Å². The zero-order valence-electron chi connectivity index (χ0n) is 23.1.